The number of halogens is 1. The fourth-order valence-electron chi connectivity index (χ4n) is 2.55. The van der Waals surface area contributed by atoms with Crippen molar-refractivity contribution in [3.8, 4) is 5.75 Å². The predicted molar refractivity (Wildman–Crippen MR) is 77.0 cm³/mol. The molecule has 2 heterocycles. The Morgan fingerprint density at radius 1 is 1.50 bits per heavy atom. The van der Waals surface area contributed by atoms with Gasteiger partial charge in [0.1, 0.15) is 12.0 Å². The normalized spacial score (nSPS) is 20.0. The van der Waals surface area contributed by atoms with Gasteiger partial charge < -0.3 is 14.5 Å². The highest BCUT2D eigenvalue weighted by Gasteiger charge is 2.32. The van der Waals surface area contributed by atoms with Crippen LogP contribution in [0.2, 0.25) is 5.02 Å². The highest BCUT2D eigenvalue weighted by Crippen LogP contribution is 2.36. The SMILES string of the molecule is Cc1cccc(Cl)c1O[C@H](c1ncco1)[C@@H]1CCNC1. The molecule has 1 aromatic carbocycles. The number of hydrogen-bond donors (Lipinski definition) is 1. The molecular weight excluding hydrogens is 276 g/mol. The lowest BCUT2D eigenvalue weighted by Crippen LogP contribution is -2.22. The van der Waals surface area contributed by atoms with Crippen LogP contribution in [0.15, 0.2) is 35.1 Å². The van der Waals surface area contributed by atoms with Crippen molar-refractivity contribution < 1.29 is 9.15 Å². The molecule has 4 nitrogen and oxygen atoms in total. The van der Waals surface area contributed by atoms with Crippen LogP contribution in [-0.2, 0) is 0 Å². The minimum Gasteiger partial charge on any atom is -0.479 e. The Morgan fingerprint density at radius 2 is 2.40 bits per heavy atom. The van der Waals surface area contributed by atoms with E-state index in [2.05, 4.69) is 10.3 Å². The van der Waals surface area contributed by atoms with E-state index in [1.165, 1.54) is 0 Å². The van der Waals surface area contributed by atoms with Crippen molar-refractivity contribution in [2.45, 2.75) is 19.4 Å². The van der Waals surface area contributed by atoms with Gasteiger partial charge in [0.15, 0.2) is 6.10 Å². The van der Waals surface area contributed by atoms with E-state index in [4.69, 9.17) is 20.8 Å². The van der Waals surface area contributed by atoms with Crippen molar-refractivity contribution in [1.82, 2.24) is 10.3 Å². The van der Waals surface area contributed by atoms with E-state index < -0.39 is 0 Å². The molecule has 0 spiro atoms. The van der Waals surface area contributed by atoms with Gasteiger partial charge in [-0.15, -0.1) is 0 Å². The van der Waals surface area contributed by atoms with Crippen molar-refractivity contribution in [1.29, 1.82) is 0 Å². The van der Waals surface area contributed by atoms with Crippen LogP contribution in [0.3, 0.4) is 0 Å². The van der Waals surface area contributed by atoms with Gasteiger partial charge in [-0.3, -0.25) is 0 Å². The lowest BCUT2D eigenvalue weighted by molar-refractivity contribution is 0.113. The van der Waals surface area contributed by atoms with Gasteiger partial charge in [-0.25, -0.2) is 4.98 Å². The van der Waals surface area contributed by atoms with E-state index in [1.807, 2.05) is 25.1 Å². The van der Waals surface area contributed by atoms with Gasteiger partial charge in [0.25, 0.3) is 0 Å². The van der Waals surface area contributed by atoms with E-state index in [0.29, 0.717) is 22.6 Å². The number of ether oxygens (including phenoxy) is 1. The van der Waals surface area contributed by atoms with Crippen molar-refractivity contribution in [3.63, 3.8) is 0 Å². The molecule has 1 N–H and O–H groups in total. The van der Waals surface area contributed by atoms with Gasteiger partial charge in [-0.1, -0.05) is 23.7 Å². The topological polar surface area (TPSA) is 47.3 Å². The number of oxazole rings is 1. The zero-order valence-electron chi connectivity index (χ0n) is 11.3. The lowest BCUT2D eigenvalue weighted by atomic mass is 10.0. The highest BCUT2D eigenvalue weighted by molar-refractivity contribution is 6.32. The van der Waals surface area contributed by atoms with Gasteiger partial charge in [0.2, 0.25) is 5.89 Å². The molecule has 2 atom stereocenters. The second kappa shape index (κ2) is 5.85. The number of benzene rings is 1. The summed E-state index contributed by atoms with van der Waals surface area (Å²) >= 11 is 6.25. The van der Waals surface area contributed by atoms with Gasteiger partial charge in [0.05, 0.1) is 11.2 Å². The summed E-state index contributed by atoms with van der Waals surface area (Å²) in [6, 6.07) is 5.74. The molecule has 20 heavy (non-hydrogen) atoms. The summed E-state index contributed by atoms with van der Waals surface area (Å²) in [4.78, 5) is 4.25. The Labute approximate surface area is 123 Å². The molecule has 106 valence electrons. The van der Waals surface area contributed by atoms with Crippen LogP contribution in [0.4, 0.5) is 0 Å². The van der Waals surface area contributed by atoms with Gasteiger partial charge in [0, 0.05) is 12.5 Å². The predicted octanol–water partition coefficient (Wildman–Crippen LogP) is 3.37. The number of para-hydroxylation sites is 1. The summed E-state index contributed by atoms with van der Waals surface area (Å²) in [6.45, 7) is 3.88. The van der Waals surface area contributed by atoms with Crippen LogP contribution in [-0.4, -0.2) is 18.1 Å². The van der Waals surface area contributed by atoms with Crippen molar-refractivity contribution in [3.05, 3.63) is 47.1 Å². The maximum atomic E-state index is 6.25. The zero-order valence-corrected chi connectivity index (χ0v) is 12.1. The van der Waals surface area contributed by atoms with E-state index in [-0.39, 0.29) is 6.10 Å². The van der Waals surface area contributed by atoms with E-state index in [1.54, 1.807) is 12.5 Å². The molecule has 1 aliphatic heterocycles. The first-order chi connectivity index (χ1) is 9.75. The second-order valence-corrected chi connectivity index (χ2v) is 5.45. The number of hydrogen-bond acceptors (Lipinski definition) is 4. The number of aryl methyl sites for hydroxylation is 1. The number of nitrogens with zero attached hydrogens (tertiary/aromatic N) is 1. The Bertz CT molecular complexity index is 545. The summed E-state index contributed by atoms with van der Waals surface area (Å²) in [6.07, 6.45) is 4.05. The molecular formula is C15H17ClN2O2. The molecule has 2 aromatic rings. The Kier molecular flexibility index (Phi) is 3.94. The van der Waals surface area contributed by atoms with Crippen molar-refractivity contribution in [2.75, 3.05) is 13.1 Å². The van der Waals surface area contributed by atoms with Crippen LogP contribution in [0.25, 0.3) is 0 Å². The lowest BCUT2D eigenvalue weighted by Gasteiger charge is -2.23. The quantitative estimate of drug-likeness (QED) is 0.938. The van der Waals surface area contributed by atoms with Crippen LogP contribution >= 0.6 is 11.6 Å². The Morgan fingerprint density at radius 3 is 3.05 bits per heavy atom. The molecule has 0 unspecified atom stereocenters. The molecule has 0 aliphatic carbocycles. The van der Waals surface area contributed by atoms with Gasteiger partial charge in [-0.2, -0.15) is 0 Å². The number of aromatic nitrogens is 1. The van der Waals surface area contributed by atoms with E-state index in [0.717, 1.165) is 25.1 Å². The minimum absolute atomic E-state index is 0.210. The van der Waals surface area contributed by atoms with Gasteiger partial charge >= 0.3 is 0 Å². The third-order valence-corrected chi connectivity index (χ3v) is 3.93. The average Bonchev–Trinajstić information content (AvgIpc) is 3.12. The monoisotopic (exact) mass is 292 g/mol. The van der Waals surface area contributed by atoms with E-state index >= 15 is 0 Å². The molecule has 0 radical (unpaired) electrons. The van der Waals surface area contributed by atoms with Crippen LogP contribution in [0, 0.1) is 12.8 Å². The van der Waals surface area contributed by atoms with Crippen molar-refractivity contribution >= 4 is 11.6 Å². The summed E-state index contributed by atoms with van der Waals surface area (Å²) in [5, 5.41) is 3.97. The Balaban J connectivity index is 1.90. The first kappa shape index (κ1) is 13.5. The highest BCUT2D eigenvalue weighted by atomic mass is 35.5. The first-order valence-corrected chi connectivity index (χ1v) is 7.15. The molecule has 0 bridgehead atoms. The average molecular weight is 293 g/mol. The first-order valence-electron chi connectivity index (χ1n) is 6.77. The molecule has 0 amide bonds. The molecule has 1 fully saturated rings. The maximum absolute atomic E-state index is 6.25. The fraction of sp³-hybridized carbons (Fsp3) is 0.400. The zero-order chi connectivity index (χ0) is 13.9. The molecule has 3 rings (SSSR count). The van der Waals surface area contributed by atoms with E-state index in [9.17, 15) is 0 Å². The number of rotatable bonds is 4. The molecule has 1 saturated heterocycles. The third-order valence-electron chi connectivity index (χ3n) is 3.63. The third kappa shape index (κ3) is 2.67. The summed E-state index contributed by atoms with van der Waals surface area (Å²) in [5.41, 5.74) is 1.01. The van der Waals surface area contributed by atoms with Crippen LogP contribution < -0.4 is 10.1 Å². The van der Waals surface area contributed by atoms with Crippen molar-refractivity contribution in [2.24, 2.45) is 5.92 Å². The number of nitrogens with one attached hydrogen (secondary N) is 1. The van der Waals surface area contributed by atoms with Gasteiger partial charge in [-0.05, 0) is 31.5 Å². The molecule has 1 aliphatic rings. The standard InChI is InChI=1S/C15H17ClN2O2/c1-10-3-2-4-12(16)13(10)20-14(11-5-6-17-9-11)15-18-7-8-19-15/h2-4,7-8,11,14,17H,5-6,9H2,1H3/t11-,14+/m1/s1. The summed E-state index contributed by atoms with van der Waals surface area (Å²) < 4.78 is 11.6. The maximum Gasteiger partial charge on any atom is 0.235 e. The van der Waals surface area contributed by atoms with Crippen LogP contribution in [0.1, 0.15) is 24.0 Å². The second-order valence-electron chi connectivity index (χ2n) is 5.05. The fourth-order valence-corrected chi connectivity index (χ4v) is 2.82. The minimum atomic E-state index is -0.210. The summed E-state index contributed by atoms with van der Waals surface area (Å²) in [7, 11) is 0. The molecule has 1 aromatic heterocycles. The largest absolute Gasteiger partial charge is 0.479 e. The van der Waals surface area contributed by atoms with Crippen LogP contribution in [0.5, 0.6) is 5.75 Å². The molecule has 5 heteroatoms. The molecule has 0 saturated carbocycles. The Hall–Kier alpha value is -1.52. The smallest absolute Gasteiger partial charge is 0.235 e. The summed E-state index contributed by atoms with van der Waals surface area (Å²) in [5.74, 6) is 1.66.